The summed E-state index contributed by atoms with van der Waals surface area (Å²) in [7, 11) is 1.62. The fraction of sp³-hybridized carbons (Fsp3) is 0.350. The van der Waals surface area contributed by atoms with Crippen molar-refractivity contribution in [2.24, 2.45) is 0 Å². The van der Waals surface area contributed by atoms with Crippen LogP contribution in [0.5, 0.6) is 0 Å². The van der Waals surface area contributed by atoms with Crippen LogP contribution >= 0.6 is 0 Å². The summed E-state index contributed by atoms with van der Waals surface area (Å²) in [4.78, 5) is 31.1. The van der Waals surface area contributed by atoms with Crippen molar-refractivity contribution in [3.05, 3.63) is 59.4 Å². The summed E-state index contributed by atoms with van der Waals surface area (Å²) in [6.07, 6.45) is 4.14. The molecular weight excluding hydrogens is 330 g/mol. The van der Waals surface area contributed by atoms with Gasteiger partial charge in [0.1, 0.15) is 5.69 Å². The van der Waals surface area contributed by atoms with Gasteiger partial charge in [-0.3, -0.25) is 14.6 Å². The van der Waals surface area contributed by atoms with Crippen molar-refractivity contribution >= 4 is 17.5 Å². The number of rotatable bonds is 6. The van der Waals surface area contributed by atoms with Crippen LogP contribution in [0.1, 0.15) is 39.3 Å². The van der Waals surface area contributed by atoms with E-state index in [4.69, 9.17) is 4.74 Å². The highest BCUT2D eigenvalue weighted by Gasteiger charge is 2.24. The molecule has 2 amide bonds. The van der Waals surface area contributed by atoms with E-state index in [2.05, 4.69) is 16.4 Å². The van der Waals surface area contributed by atoms with E-state index >= 15 is 0 Å². The molecule has 1 aromatic carbocycles. The number of aryl methyl sites for hydroxylation is 1. The third-order valence-corrected chi connectivity index (χ3v) is 4.41. The van der Waals surface area contributed by atoms with E-state index < -0.39 is 0 Å². The molecule has 0 aliphatic carbocycles. The lowest BCUT2D eigenvalue weighted by atomic mass is 10.0. The van der Waals surface area contributed by atoms with Gasteiger partial charge in [-0.15, -0.1) is 0 Å². The normalized spacial score (nSPS) is 13.2. The largest absolute Gasteiger partial charge is 0.385 e. The number of para-hydroxylation sites is 1. The molecule has 2 aromatic rings. The Morgan fingerprint density at radius 3 is 2.96 bits per heavy atom. The highest BCUT2D eigenvalue weighted by atomic mass is 16.5. The average Bonchev–Trinajstić information content (AvgIpc) is 2.70. The molecule has 0 saturated carbocycles. The van der Waals surface area contributed by atoms with E-state index in [0.29, 0.717) is 25.3 Å². The van der Waals surface area contributed by atoms with Crippen molar-refractivity contribution in [2.45, 2.75) is 19.3 Å². The molecule has 1 N–H and O–H groups in total. The number of methoxy groups -OCH3 is 1. The van der Waals surface area contributed by atoms with Crippen LogP contribution in [-0.4, -0.2) is 43.6 Å². The average molecular weight is 353 g/mol. The molecule has 2 heterocycles. The molecule has 0 radical (unpaired) electrons. The summed E-state index contributed by atoms with van der Waals surface area (Å²) in [6.45, 7) is 1.77. The molecule has 0 unspecified atom stereocenters. The summed E-state index contributed by atoms with van der Waals surface area (Å²) < 4.78 is 4.96. The molecule has 0 atom stereocenters. The number of carbonyl (C=O) groups excluding carboxylic acids is 2. The second-order valence-corrected chi connectivity index (χ2v) is 6.22. The molecule has 0 saturated heterocycles. The maximum Gasteiger partial charge on any atom is 0.269 e. The van der Waals surface area contributed by atoms with Gasteiger partial charge in [0.25, 0.3) is 11.8 Å². The van der Waals surface area contributed by atoms with Crippen molar-refractivity contribution < 1.29 is 14.3 Å². The first-order valence-electron chi connectivity index (χ1n) is 8.83. The lowest BCUT2D eigenvalue weighted by Crippen LogP contribution is -2.35. The lowest BCUT2D eigenvalue weighted by molar-refractivity contribution is 0.0943. The number of fused-ring (bicyclic) bond motifs is 1. The Kier molecular flexibility index (Phi) is 5.96. The van der Waals surface area contributed by atoms with Crippen LogP contribution in [0.4, 0.5) is 5.69 Å². The van der Waals surface area contributed by atoms with Gasteiger partial charge in [-0.2, -0.15) is 0 Å². The second kappa shape index (κ2) is 8.58. The first-order chi connectivity index (χ1) is 12.7. The summed E-state index contributed by atoms with van der Waals surface area (Å²) in [5.74, 6) is -0.386. The number of aromatic nitrogens is 1. The molecule has 0 bridgehead atoms. The number of hydrogen-bond donors (Lipinski definition) is 1. The van der Waals surface area contributed by atoms with Gasteiger partial charge in [-0.05, 0) is 43.0 Å². The Balaban J connectivity index is 1.74. The summed E-state index contributed by atoms with van der Waals surface area (Å²) in [5.41, 5.74) is 2.85. The van der Waals surface area contributed by atoms with Crippen LogP contribution in [0.2, 0.25) is 0 Å². The van der Waals surface area contributed by atoms with E-state index in [1.165, 1.54) is 11.8 Å². The minimum Gasteiger partial charge on any atom is -0.385 e. The van der Waals surface area contributed by atoms with E-state index in [9.17, 15) is 9.59 Å². The van der Waals surface area contributed by atoms with Gasteiger partial charge in [-0.25, -0.2) is 0 Å². The molecule has 26 heavy (non-hydrogen) atoms. The Labute approximate surface area is 153 Å². The molecule has 0 fully saturated rings. The first kappa shape index (κ1) is 18.1. The highest BCUT2D eigenvalue weighted by molar-refractivity contribution is 6.07. The van der Waals surface area contributed by atoms with Gasteiger partial charge < -0.3 is 15.0 Å². The fourth-order valence-electron chi connectivity index (χ4n) is 3.10. The molecule has 6 heteroatoms. The monoisotopic (exact) mass is 353 g/mol. The zero-order chi connectivity index (χ0) is 18.4. The van der Waals surface area contributed by atoms with E-state index in [0.717, 1.165) is 24.9 Å². The van der Waals surface area contributed by atoms with Crippen LogP contribution in [0.25, 0.3) is 0 Å². The topological polar surface area (TPSA) is 71.5 Å². The van der Waals surface area contributed by atoms with E-state index in [1.807, 2.05) is 18.2 Å². The SMILES string of the molecule is COCCCNC(=O)c1cc(C(=O)N2CCCc3ccccc32)ccn1. The molecule has 1 aliphatic rings. The third kappa shape index (κ3) is 4.08. The smallest absolute Gasteiger partial charge is 0.269 e. The molecule has 6 nitrogen and oxygen atoms in total. The molecule has 136 valence electrons. The first-order valence-corrected chi connectivity index (χ1v) is 8.83. The minimum atomic E-state index is -0.283. The zero-order valence-corrected chi connectivity index (χ0v) is 14.9. The van der Waals surface area contributed by atoms with E-state index in [1.54, 1.807) is 24.1 Å². The van der Waals surface area contributed by atoms with Gasteiger partial charge in [0, 0.05) is 44.3 Å². The Bertz CT molecular complexity index is 791. The number of carbonyl (C=O) groups is 2. The lowest BCUT2D eigenvalue weighted by Gasteiger charge is -2.29. The van der Waals surface area contributed by atoms with Crippen molar-refractivity contribution in [1.29, 1.82) is 0 Å². The number of ether oxygens (including phenoxy) is 1. The van der Waals surface area contributed by atoms with Crippen molar-refractivity contribution in [3.8, 4) is 0 Å². The number of amides is 2. The summed E-state index contributed by atoms with van der Waals surface area (Å²) in [6, 6.07) is 11.2. The number of nitrogens with one attached hydrogen (secondary N) is 1. The van der Waals surface area contributed by atoms with E-state index in [-0.39, 0.29) is 17.5 Å². The predicted molar refractivity (Wildman–Crippen MR) is 99.5 cm³/mol. The van der Waals surface area contributed by atoms with Crippen molar-refractivity contribution in [2.75, 3.05) is 31.7 Å². The van der Waals surface area contributed by atoms with Crippen LogP contribution in [0, 0.1) is 0 Å². The van der Waals surface area contributed by atoms with Crippen molar-refractivity contribution in [3.63, 3.8) is 0 Å². The number of anilines is 1. The maximum atomic E-state index is 13.0. The maximum absolute atomic E-state index is 13.0. The minimum absolute atomic E-state index is 0.104. The standard InChI is InChI=1S/C20H23N3O3/c1-26-13-5-10-22-19(24)17-14-16(9-11-21-17)20(25)23-12-4-7-15-6-2-3-8-18(15)23/h2-3,6,8-9,11,14H,4-5,7,10,12-13H2,1H3,(H,22,24). The van der Waals surface area contributed by atoms with Gasteiger partial charge in [0.05, 0.1) is 0 Å². The van der Waals surface area contributed by atoms with Gasteiger partial charge in [0.15, 0.2) is 0 Å². The number of benzene rings is 1. The predicted octanol–water partition coefficient (Wildman–Crippen LogP) is 2.44. The van der Waals surface area contributed by atoms with Gasteiger partial charge in [-0.1, -0.05) is 18.2 Å². The summed E-state index contributed by atoms with van der Waals surface area (Å²) >= 11 is 0. The van der Waals surface area contributed by atoms with Crippen LogP contribution < -0.4 is 10.2 Å². The number of nitrogens with zero attached hydrogens (tertiary/aromatic N) is 2. The Morgan fingerprint density at radius 1 is 1.27 bits per heavy atom. The quantitative estimate of drug-likeness (QED) is 0.810. The number of pyridine rings is 1. The molecule has 0 spiro atoms. The Morgan fingerprint density at radius 2 is 2.12 bits per heavy atom. The molecular formula is C20H23N3O3. The second-order valence-electron chi connectivity index (χ2n) is 6.22. The van der Waals surface area contributed by atoms with Gasteiger partial charge >= 0.3 is 0 Å². The van der Waals surface area contributed by atoms with Gasteiger partial charge in [0.2, 0.25) is 0 Å². The fourth-order valence-corrected chi connectivity index (χ4v) is 3.10. The zero-order valence-electron chi connectivity index (χ0n) is 14.9. The van der Waals surface area contributed by atoms with Crippen LogP contribution in [-0.2, 0) is 11.2 Å². The molecule has 1 aromatic heterocycles. The van der Waals surface area contributed by atoms with Crippen LogP contribution in [0.3, 0.4) is 0 Å². The highest BCUT2D eigenvalue weighted by Crippen LogP contribution is 2.28. The third-order valence-electron chi connectivity index (χ3n) is 4.41. The molecule has 3 rings (SSSR count). The molecule has 1 aliphatic heterocycles. The summed E-state index contributed by atoms with van der Waals surface area (Å²) in [5, 5.41) is 2.79. The van der Waals surface area contributed by atoms with Crippen LogP contribution in [0.15, 0.2) is 42.6 Å². The van der Waals surface area contributed by atoms with Crippen molar-refractivity contribution in [1.82, 2.24) is 10.3 Å². The Hall–Kier alpha value is -2.73. The number of hydrogen-bond acceptors (Lipinski definition) is 4.